The van der Waals surface area contributed by atoms with E-state index in [2.05, 4.69) is 16.0 Å². The van der Waals surface area contributed by atoms with E-state index in [9.17, 15) is 9.90 Å². The Morgan fingerprint density at radius 1 is 1.24 bits per heavy atom. The van der Waals surface area contributed by atoms with E-state index in [0.717, 1.165) is 59.0 Å². The Kier molecular flexibility index (Phi) is 10.1. The van der Waals surface area contributed by atoms with Crippen LogP contribution in [0.5, 0.6) is 5.75 Å². The second-order valence-electron chi connectivity index (χ2n) is 9.68. The topological polar surface area (TPSA) is 62.7 Å². The lowest BCUT2D eigenvalue weighted by Gasteiger charge is -2.39. The number of fused-ring (bicyclic) bond motifs is 1. The van der Waals surface area contributed by atoms with E-state index < -0.39 is 12.1 Å². The van der Waals surface area contributed by atoms with Gasteiger partial charge >= 0.3 is 5.97 Å². The molecule has 198 valence electrons. The molecule has 0 amide bonds. The van der Waals surface area contributed by atoms with Gasteiger partial charge in [0.05, 0.1) is 12.6 Å². The number of piperidine rings is 1. The van der Waals surface area contributed by atoms with Crippen LogP contribution in [0, 0.1) is 11.8 Å². The van der Waals surface area contributed by atoms with Crippen LogP contribution >= 0.6 is 23.4 Å². The van der Waals surface area contributed by atoms with Crippen molar-refractivity contribution in [2.24, 2.45) is 11.8 Å². The van der Waals surface area contributed by atoms with E-state index in [4.69, 9.17) is 16.3 Å². The molecule has 0 saturated carbocycles. The highest BCUT2D eigenvalue weighted by Crippen LogP contribution is 2.36. The molecule has 1 saturated heterocycles. The molecule has 1 aromatic heterocycles. The number of likely N-dealkylation sites (tertiary alicyclic amines) is 1. The zero-order chi connectivity index (χ0) is 26.2. The number of ether oxygens (including phenoxy) is 1. The maximum absolute atomic E-state index is 15.5. The number of benzene rings is 2. The molecule has 1 aliphatic rings. The SMILES string of the molecule is COc1ccc2nccc([C@@H](F)CCC3CCN(CCSc4cccc(Cl)c4)CC3CCC(=O)O)c2c1. The van der Waals surface area contributed by atoms with E-state index in [1.165, 1.54) is 0 Å². The maximum atomic E-state index is 15.5. The molecule has 1 N–H and O–H groups in total. The van der Waals surface area contributed by atoms with Crippen LogP contribution in [0.3, 0.4) is 0 Å². The summed E-state index contributed by atoms with van der Waals surface area (Å²) in [4.78, 5) is 19.3. The summed E-state index contributed by atoms with van der Waals surface area (Å²) >= 11 is 7.87. The van der Waals surface area contributed by atoms with Gasteiger partial charge in [0, 0.05) is 46.8 Å². The summed E-state index contributed by atoms with van der Waals surface area (Å²) in [5.74, 6) is 1.43. The Bertz CT molecular complexity index is 1200. The number of nitrogens with zero attached hydrogens (tertiary/aromatic N) is 2. The molecule has 3 atom stereocenters. The van der Waals surface area contributed by atoms with Gasteiger partial charge in [0.15, 0.2) is 0 Å². The van der Waals surface area contributed by atoms with E-state index in [0.29, 0.717) is 30.1 Å². The Labute approximate surface area is 227 Å². The van der Waals surface area contributed by atoms with Crippen LogP contribution in [0.4, 0.5) is 4.39 Å². The Morgan fingerprint density at radius 2 is 2.11 bits per heavy atom. The molecule has 0 bridgehead atoms. The summed E-state index contributed by atoms with van der Waals surface area (Å²) in [6.45, 7) is 2.75. The van der Waals surface area contributed by atoms with Gasteiger partial charge in [-0.2, -0.15) is 0 Å². The number of thioether (sulfide) groups is 1. The van der Waals surface area contributed by atoms with Crippen molar-refractivity contribution >= 4 is 40.2 Å². The first-order valence-electron chi connectivity index (χ1n) is 12.8. The lowest BCUT2D eigenvalue weighted by molar-refractivity contribution is -0.137. The number of carboxylic acids is 1. The first-order chi connectivity index (χ1) is 17.9. The number of carboxylic acid groups (broad SMARTS) is 1. The van der Waals surface area contributed by atoms with Crippen LogP contribution in [0.25, 0.3) is 10.9 Å². The molecule has 0 radical (unpaired) electrons. The van der Waals surface area contributed by atoms with Crippen molar-refractivity contribution in [1.29, 1.82) is 0 Å². The highest BCUT2D eigenvalue weighted by atomic mass is 35.5. The largest absolute Gasteiger partial charge is 0.497 e. The molecule has 37 heavy (non-hydrogen) atoms. The van der Waals surface area contributed by atoms with Gasteiger partial charge < -0.3 is 14.7 Å². The first kappa shape index (κ1) is 27.7. The average Bonchev–Trinajstić information content (AvgIpc) is 2.90. The molecule has 0 spiro atoms. The molecule has 5 nitrogen and oxygen atoms in total. The van der Waals surface area contributed by atoms with Gasteiger partial charge in [-0.3, -0.25) is 9.78 Å². The van der Waals surface area contributed by atoms with Crippen LogP contribution in [0.15, 0.2) is 59.6 Å². The Balaban J connectivity index is 1.35. The normalized spacial score (nSPS) is 19.1. The lowest BCUT2D eigenvalue weighted by Crippen LogP contribution is -2.41. The third-order valence-corrected chi connectivity index (χ3v) is 8.50. The summed E-state index contributed by atoms with van der Waals surface area (Å²) in [6.07, 6.45) is 3.45. The van der Waals surface area contributed by atoms with Crippen molar-refractivity contribution in [2.45, 2.75) is 43.2 Å². The van der Waals surface area contributed by atoms with Crippen molar-refractivity contribution in [1.82, 2.24) is 9.88 Å². The number of pyridine rings is 1. The summed E-state index contributed by atoms with van der Waals surface area (Å²) in [6, 6.07) is 15.2. The van der Waals surface area contributed by atoms with Crippen molar-refractivity contribution < 1.29 is 19.0 Å². The quantitative estimate of drug-likeness (QED) is 0.242. The van der Waals surface area contributed by atoms with E-state index in [1.807, 2.05) is 36.4 Å². The monoisotopic (exact) mass is 544 g/mol. The highest BCUT2D eigenvalue weighted by molar-refractivity contribution is 7.99. The van der Waals surface area contributed by atoms with Crippen molar-refractivity contribution in [2.75, 3.05) is 32.5 Å². The smallest absolute Gasteiger partial charge is 0.303 e. The van der Waals surface area contributed by atoms with Crippen LogP contribution in [-0.2, 0) is 4.79 Å². The second-order valence-corrected chi connectivity index (χ2v) is 11.3. The minimum atomic E-state index is -1.11. The van der Waals surface area contributed by atoms with E-state index >= 15 is 4.39 Å². The molecule has 2 heterocycles. The number of aromatic nitrogens is 1. The van der Waals surface area contributed by atoms with Crippen molar-refractivity contribution in [3.63, 3.8) is 0 Å². The first-order valence-corrected chi connectivity index (χ1v) is 14.2. The third-order valence-electron chi connectivity index (χ3n) is 7.29. The van der Waals surface area contributed by atoms with E-state index in [1.54, 1.807) is 31.1 Å². The van der Waals surface area contributed by atoms with Gasteiger partial charge in [0.25, 0.3) is 0 Å². The average molecular weight is 545 g/mol. The third kappa shape index (κ3) is 7.82. The molecule has 3 aromatic rings. The summed E-state index contributed by atoms with van der Waals surface area (Å²) in [5.41, 5.74) is 1.39. The second kappa shape index (κ2) is 13.4. The summed E-state index contributed by atoms with van der Waals surface area (Å²) in [7, 11) is 1.60. The van der Waals surface area contributed by atoms with Crippen molar-refractivity contribution in [3.8, 4) is 5.75 Å². The predicted octanol–water partition coefficient (Wildman–Crippen LogP) is 7.28. The van der Waals surface area contributed by atoms with Crippen LogP contribution in [-0.4, -0.2) is 53.5 Å². The molecule has 1 aliphatic heterocycles. The van der Waals surface area contributed by atoms with Gasteiger partial charge in [-0.25, -0.2) is 4.39 Å². The van der Waals surface area contributed by atoms with Crippen LogP contribution < -0.4 is 4.74 Å². The number of rotatable bonds is 12. The number of methoxy groups -OCH3 is 1. The summed E-state index contributed by atoms with van der Waals surface area (Å²) < 4.78 is 20.9. The highest BCUT2D eigenvalue weighted by Gasteiger charge is 2.30. The van der Waals surface area contributed by atoms with Gasteiger partial charge in [-0.1, -0.05) is 17.7 Å². The number of alkyl halides is 1. The maximum Gasteiger partial charge on any atom is 0.303 e. The van der Waals surface area contributed by atoms with Crippen LogP contribution in [0.2, 0.25) is 5.02 Å². The predicted molar refractivity (Wildman–Crippen MR) is 148 cm³/mol. The fourth-order valence-electron chi connectivity index (χ4n) is 5.29. The van der Waals surface area contributed by atoms with Gasteiger partial charge in [0.2, 0.25) is 0 Å². The molecular formula is C29H34ClFN2O3S. The molecule has 4 rings (SSSR count). The Morgan fingerprint density at radius 3 is 2.89 bits per heavy atom. The number of hydrogen-bond acceptors (Lipinski definition) is 5. The molecule has 2 aromatic carbocycles. The fourth-order valence-corrected chi connectivity index (χ4v) is 6.51. The molecule has 8 heteroatoms. The zero-order valence-electron chi connectivity index (χ0n) is 21.1. The standard InChI is InChI=1S/C29H34ClFN2O3S/c1-36-23-7-9-28-26(18-23)25(11-13-32-28)27(31)8-5-20-12-14-33(19-21(20)6-10-29(34)35)15-16-37-24-4-2-3-22(30)17-24/h2-4,7,9,11,13,17-18,20-21,27H,5-6,8,10,12,14-16,19H2,1H3,(H,34,35)/t20?,21?,27-/m0/s1. The number of carbonyl (C=O) groups is 1. The molecule has 0 aliphatic carbocycles. The minimum absolute atomic E-state index is 0.153. The zero-order valence-corrected chi connectivity index (χ0v) is 22.7. The fraction of sp³-hybridized carbons (Fsp3) is 0.448. The van der Waals surface area contributed by atoms with Gasteiger partial charge in [0.1, 0.15) is 11.9 Å². The van der Waals surface area contributed by atoms with Gasteiger partial charge in [-0.05, 0) is 92.1 Å². The summed E-state index contributed by atoms with van der Waals surface area (Å²) in [5, 5.41) is 10.8. The van der Waals surface area contributed by atoms with Crippen molar-refractivity contribution in [3.05, 3.63) is 65.3 Å². The molecule has 1 fully saturated rings. The lowest BCUT2D eigenvalue weighted by atomic mass is 9.79. The number of halogens is 2. The Hall–Kier alpha value is -2.35. The van der Waals surface area contributed by atoms with E-state index in [-0.39, 0.29) is 12.3 Å². The minimum Gasteiger partial charge on any atom is -0.497 e. The molecule has 2 unspecified atom stereocenters. The van der Waals surface area contributed by atoms with Crippen LogP contribution in [0.1, 0.15) is 43.8 Å². The number of aliphatic carboxylic acids is 1. The molecular weight excluding hydrogens is 511 g/mol. The number of hydrogen-bond donors (Lipinski definition) is 1. The van der Waals surface area contributed by atoms with Gasteiger partial charge in [-0.15, -0.1) is 11.8 Å².